The van der Waals surface area contributed by atoms with Crippen molar-refractivity contribution in [3.05, 3.63) is 46.8 Å². The van der Waals surface area contributed by atoms with Gasteiger partial charge in [0.2, 0.25) is 0 Å². The molecule has 1 aromatic heterocycles. The molecule has 2 N–H and O–H groups in total. The Hall–Kier alpha value is -1.99. The molecule has 6 nitrogen and oxygen atoms in total. The Morgan fingerprint density at radius 1 is 1.33 bits per heavy atom. The minimum absolute atomic E-state index is 0.257. The number of hydrogen-bond donors (Lipinski definition) is 2. The molecule has 0 saturated heterocycles. The van der Waals surface area contributed by atoms with E-state index < -0.39 is 0 Å². The fourth-order valence-electron chi connectivity index (χ4n) is 1.58. The Kier molecular flexibility index (Phi) is 5.65. The summed E-state index contributed by atoms with van der Waals surface area (Å²) in [5.74, 6) is 0.301. The van der Waals surface area contributed by atoms with Gasteiger partial charge in [0, 0.05) is 23.8 Å². The molecule has 0 bridgehead atoms. The molecule has 0 aliphatic heterocycles. The summed E-state index contributed by atoms with van der Waals surface area (Å²) in [7, 11) is 1.63. The van der Waals surface area contributed by atoms with E-state index in [1.807, 2.05) is 18.2 Å². The molecule has 0 radical (unpaired) electrons. The van der Waals surface area contributed by atoms with Crippen LogP contribution in [0.15, 0.2) is 41.1 Å². The fourth-order valence-corrected chi connectivity index (χ4v) is 1.98. The SMILES string of the molecule is COCCNc1cnc(C(=O)Nc2cccc(Br)c2)cn1. The van der Waals surface area contributed by atoms with Gasteiger partial charge in [-0.05, 0) is 18.2 Å². The molecule has 7 heteroatoms. The maximum absolute atomic E-state index is 12.0. The number of anilines is 2. The number of hydrogen-bond acceptors (Lipinski definition) is 5. The molecular formula is C14H15BrN4O2. The molecule has 110 valence electrons. The van der Waals surface area contributed by atoms with Crippen molar-refractivity contribution in [3.8, 4) is 0 Å². The first-order valence-corrected chi connectivity index (χ1v) is 7.10. The number of methoxy groups -OCH3 is 1. The number of amides is 1. The van der Waals surface area contributed by atoms with Gasteiger partial charge in [0.15, 0.2) is 0 Å². The van der Waals surface area contributed by atoms with E-state index in [1.54, 1.807) is 13.2 Å². The van der Waals surface area contributed by atoms with E-state index in [0.29, 0.717) is 24.7 Å². The standard InChI is InChI=1S/C14H15BrN4O2/c1-21-6-5-16-13-9-17-12(8-18-13)14(20)19-11-4-2-3-10(15)7-11/h2-4,7-9H,5-6H2,1H3,(H,16,18)(H,19,20). The summed E-state index contributed by atoms with van der Waals surface area (Å²) < 4.78 is 5.82. The Bertz CT molecular complexity index is 604. The van der Waals surface area contributed by atoms with Gasteiger partial charge in [0.1, 0.15) is 11.5 Å². The molecule has 0 unspecified atom stereocenters. The van der Waals surface area contributed by atoms with E-state index in [-0.39, 0.29) is 11.6 Å². The predicted molar refractivity (Wildman–Crippen MR) is 84.5 cm³/mol. The van der Waals surface area contributed by atoms with Crippen molar-refractivity contribution in [2.24, 2.45) is 0 Å². The van der Waals surface area contributed by atoms with Gasteiger partial charge in [-0.2, -0.15) is 0 Å². The van der Waals surface area contributed by atoms with Gasteiger partial charge in [-0.25, -0.2) is 9.97 Å². The van der Waals surface area contributed by atoms with E-state index >= 15 is 0 Å². The normalized spacial score (nSPS) is 10.2. The monoisotopic (exact) mass is 350 g/mol. The first-order valence-electron chi connectivity index (χ1n) is 6.31. The van der Waals surface area contributed by atoms with E-state index in [9.17, 15) is 4.79 Å². The molecule has 2 rings (SSSR count). The van der Waals surface area contributed by atoms with E-state index in [1.165, 1.54) is 12.4 Å². The lowest BCUT2D eigenvalue weighted by Crippen LogP contribution is -2.15. The van der Waals surface area contributed by atoms with Crippen LogP contribution in [0.5, 0.6) is 0 Å². The highest BCUT2D eigenvalue weighted by Crippen LogP contribution is 2.16. The van der Waals surface area contributed by atoms with Gasteiger partial charge >= 0.3 is 0 Å². The van der Waals surface area contributed by atoms with Crippen molar-refractivity contribution in [2.75, 3.05) is 30.9 Å². The summed E-state index contributed by atoms with van der Waals surface area (Å²) in [6, 6.07) is 7.34. The summed E-state index contributed by atoms with van der Waals surface area (Å²) in [6.45, 7) is 1.21. The molecule has 0 spiro atoms. The summed E-state index contributed by atoms with van der Waals surface area (Å²) in [5.41, 5.74) is 0.950. The van der Waals surface area contributed by atoms with E-state index in [4.69, 9.17) is 4.74 Å². The number of aromatic nitrogens is 2. The second-order valence-electron chi connectivity index (χ2n) is 4.17. The molecule has 1 amide bonds. The zero-order valence-electron chi connectivity index (χ0n) is 11.5. The van der Waals surface area contributed by atoms with Crippen LogP contribution < -0.4 is 10.6 Å². The van der Waals surface area contributed by atoms with Crippen LogP contribution in [0.3, 0.4) is 0 Å². The third-order valence-corrected chi connectivity index (χ3v) is 3.07. The number of ether oxygens (including phenoxy) is 1. The summed E-state index contributed by atoms with van der Waals surface area (Å²) in [6.07, 6.45) is 2.95. The van der Waals surface area contributed by atoms with Crippen LogP contribution in [0.1, 0.15) is 10.5 Å². The molecule has 0 aliphatic carbocycles. The molecule has 0 saturated carbocycles. The third kappa shape index (κ3) is 4.80. The summed E-state index contributed by atoms with van der Waals surface area (Å²) >= 11 is 3.35. The van der Waals surface area contributed by atoms with Gasteiger partial charge in [0.25, 0.3) is 5.91 Å². The highest BCUT2D eigenvalue weighted by Gasteiger charge is 2.08. The highest BCUT2D eigenvalue weighted by atomic mass is 79.9. The van der Waals surface area contributed by atoms with Crippen LogP contribution in [0.2, 0.25) is 0 Å². The Balaban J connectivity index is 1.96. The van der Waals surface area contributed by atoms with Crippen LogP contribution in [0, 0.1) is 0 Å². The minimum atomic E-state index is -0.302. The van der Waals surface area contributed by atoms with Crippen molar-refractivity contribution in [2.45, 2.75) is 0 Å². The smallest absolute Gasteiger partial charge is 0.275 e. The fraction of sp³-hybridized carbons (Fsp3) is 0.214. The average Bonchev–Trinajstić information content (AvgIpc) is 2.48. The number of carbonyl (C=O) groups is 1. The van der Waals surface area contributed by atoms with Gasteiger partial charge in [-0.3, -0.25) is 4.79 Å². The maximum atomic E-state index is 12.0. The summed E-state index contributed by atoms with van der Waals surface area (Å²) in [4.78, 5) is 20.2. The third-order valence-electron chi connectivity index (χ3n) is 2.58. The van der Waals surface area contributed by atoms with E-state index in [2.05, 4.69) is 36.5 Å². The number of rotatable bonds is 6. The first-order chi connectivity index (χ1) is 10.2. The van der Waals surface area contributed by atoms with Crippen LogP contribution in [-0.4, -0.2) is 36.1 Å². The second kappa shape index (κ2) is 7.70. The van der Waals surface area contributed by atoms with Crippen LogP contribution >= 0.6 is 15.9 Å². The Morgan fingerprint density at radius 2 is 2.19 bits per heavy atom. The van der Waals surface area contributed by atoms with Crippen LogP contribution in [-0.2, 0) is 4.74 Å². The molecule has 1 aromatic carbocycles. The Morgan fingerprint density at radius 3 is 2.86 bits per heavy atom. The largest absolute Gasteiger partial charge is 0.383 e. The van der Waals surface area contributed by atoms with Crippen molar-refractivity contribution < 1.29 is 9.53 Å². The van der Waals surface area contributed by atoms with Gasteiger partial charge < -0.3 is 15.4 Å². The van der Waals surface area contributed by atoms with Gasteiger partial charge in [-0.15, -0.1) is 0 Å². The van der Waals surface area contributed by atoms with E-state index in [0.717, 1.165) is 4.47 Å². The number of carbonyl (C=O) groups excluding carboxylic acids is 1. The molecule has 0 atom stereocenters. The average molecular weight is 351 g/mol. The number of nitrogens with zero attached hydrogens (tertiary/aromatic N) is 2. The lowest BCUT2D eigenvalue weighted by atomic mass is 10.3. The lowest BCUT2D eigenvalue weighted by Gasteiger charge is -2.06. The maximum Gasteiger partial charge on any atom is 0.275 e. The molecule has 0 fully saturated rings. The topological polar surface area (TPSA) is 76.1 Å². The first kappa shape index (κ1) is 15.4. The minimum Gasteiger partial charge on any atom is -0.383 e. The van der Waals surface area contributed by atoms with Gasteiger partial charge in [-0.1, -0.05) is 22.0 Å². The van der Waals surface area contributed by atoms with Crippen LogP contribution in [0.4, 0.5) is 11.5 Å². The highest BCUT2D eigenvalue weighted by molar-refractivity contribution is 9.10. The van der Waals surface area contributed by atoms with Crippen LogP contribution in [0.25, 0.3) is 0 Å². The second-order valence-corrected chi connectivity index (χ2v) is 5.09. The van der Waals surface area contributed by atoms with Gasteiger partial charge in [0.05, 0.1) is 19.0 Å². The number of halogens is 1. The van der Waals surface area contributed by atoms with Crippen molar-refractivity contribution in [1.82, 2.24) is 9.97 Å². The quantitative estimate of drug-likeness (QED) is 0.783. The Labute approximate surface area is 131 Å². The molecule has 2 aromatic rings. The zero-order valence-corrected chi connectivity index (χ0v) is 13.1. The molecule has 0 aliphatic rings. The lowest BCUT2D eigenvalue weighted by molar-refractivity contribution is 0.102. The van der Waals surface area contributed by atoms with Crippen molar-refractivity contribution in [1.29, 1.82) is 0 Å². The number of nitrogens with one attached hydrogen (secondary N) is 2. The molecule has 1 heterocycles. The number of benzene rings is 1. The molecule has 21 heavy (non-hydrogen) atoms. The van der Waals surface area contributed by atoms with Crippen molar-refractivity contribution >= 4 is 33.3 Å². The zero-order chi connectivity index (χ0) is 15.1. The van der Waals surface area contributed by atoms with Crippen molar-refractivity contribution in [3.63, 3.8) is 0 Å². The molecular weight excluding hydrogens is 336 g/mol. The summed E-state index contributed by atoms with van der Waals surface area (Å²) in [5, 5.41) is 5.79. The predicted octanol–water partition coefficient (Wildman–Crippen LogP) is 2.55.